The van der Waals surface area contributed by atoms with Crippen molar-refractivity contribution in [2.75, 3.05) is 6.67 Å². The van der Waals surface area contributed by atoms with Crippen LogP contribution in [0.15, 0.2) is 29.2 Å². The van der Waals surface area contributed by atoms with Gasteiger partial charge in [-0.15, -0.1) is 0 Å². The Balaban J connectivity index is 3.01. The molecular formula is C11H15F2NO2S. The maximum Gasteiger partial charge on any atom is 0.157 e. The van der Waals surface area contributed by atoms with Gasteiger partial charge in [0.2, 0.25) is 0 Å². The summed E-state index contributed by atoms with van der Waals surface area (Å²) in [5.74, 6) is -0.532. The molecule has 3 unspecified atom stereocenters. The highest BCUT2D eigenvalue weighted by atomic mass is 32.2. The Morgan fingerprint density at radius 1 is 1.47 bits per heavy atom. The van der Waals surface area contributed by atoms with Gasteiger partial charge < -0.3 is 5.11 Å². The molecule has 0 aliphatic rings. The Morgan fingerprint density at radius 2 is 2.00 bits per heavy atom. The number of hydrogen-bond acceptors (Lipinski definition) is 2. The van der Waals surface area contributed by atoms with Crippen molar-refractivity contribution < 1.29 is 18.1 Å². The number of rotatable bonds is 4. The van der Waals surface area contributed by atoms with Crippen LogP contribution < -0.4 is 5.14 Å². The van der Waals surface area contributed by atoms with Gasteiger partial charge in [0.05, 0.1) is 22.5 Å². The van der Waals surface area contributed by atoms with Crippen LogP contribution in [0.5, 0.6) is 0 Å². The van der Waals surface area contributed by atoms with Crippen molar-refractivity contribution in [3.05, 3.63) is 29.8 Å². The molecule has 0 aliphatic carbocycles. The topological polar surface area (TPSA) is 63.3 Å². The van der Waals surface area contributed by atoms with Crippen LogP contribution in [0, 0.1) is 5.92 Å². The van der Waals surface area contributed by atoms with E-state index in [4.69, 9.17) is 5.14 Å². The summed E-state index contributed by atoms with van der Waals surface area (Å²) in [6, 6.07) is 5.65. The number of nitrogens with two attached hydrogens (primary N) is 1. The van der Waals surface area contributed by atoms with E-state index in [0.29, 0.717) is 5.56 Å². The Labute approximate surface area is 99.4 Å². The molecule has 3 atom stereocenters. The minimum absolute atomic E-state index is 0.0530. The quantitative estimate of drug-likeness (QED) is 0.640. The highest BCUT2D eigenvalue weighted by molar-refractivity contribution is 7.99. The molecule has 6 heteroatoms. The number of benzene rings is 1. The van der Waals surface area contributed by atoms with Crippen molar-refractivity contribution in [3.63, 3.8) is 0 Å². The van der Waals surface area contributed by atoms with Crippen LogP contribution in [0.1, 0.15) is 18.6 Å². The van der Waals surface area contributed by atoms with E-state index in [0.717, 1.165) is 0 Å². The second-order valence-electron chi connectivity index (χ2n) is 3.88. The number of halogens is 2. The zero-order valence-electron chi connectivity index (χ0n) is 9.35. The van der Waals surface area contributed by atoms with Crippen LogP contribution in [0.2, 0.25) is 0 Å². The molecule has 0 spiro atoms. The molecule has 0 saturated carbocycles. The summed E-state index contributed by atoms with van der Waals surface area (Å²) in [5.41, 5.74) is 0.427. The Morgan fingerprint density at radius 3 is 2.41 bits per heavy atom. The highest BCUT2D eigenvalue weighted by Gasteiger charge is 2.16. The maximum absolute atomic E-state index is 12.4. The molecule has 0 fully saturated rings. The van der Waals surface area contributed by atoms with E-state index in [1.54, 1.807) is 6.92 Å². The molecule has 17 heavy (non-hydrogen) atoms. The zero-order chi connectivity index (χ0) is 13.1. The van der Waals surface area contributed by atoms with E-state index < -0.39 is 28.4 Å². The third-order valence-corrected chi connectivity index (χ3v) is 3.78. The molecule has 1 aromatic rings. The SMILES string of the molecule is CC(CF)C(O)c1ccc(S(N)(=O)=CF)cc1. The van der Waals surface area contributed by atoms with E-state index in [1.165, 1.54) is 24.3 Å². The van der Waals surface area contributed by atoms with Crippen molar-refractivity contribution in [2.45, 2.75) is 17.9 Å². The van der Waals surface area contributed by atoms with Crippen LogP contribution in [0.3, 0.4) is 0 Å². The lowest BCUT2D eigenvalue weighted by Gasteiger charge is -2.16. The third-order valence-electron chi connectivity index (χ3n) is 2.50. The molecule has 0 heterocycles. The lowest BCUT2D eigenvalue weighted by atomic mass is 9.99. The largest absolute Gasteiger partial charge is 0.388 e. The van der Waals surface area contributed by atoms with Gasteiger partial charge in [-0.1, -0.05) is 19.1 Å². The second-order valence-corrected chi connectivity index (χ2v) is 5.83. The van der Waals surface area contributed by atoms with Gasteiger partial charge >= 0.3 is 0 Å². The van der Waals surface area contributed by atoms with Gasteiger partial charge in [-0.05, 0) is 17.7 Å². The molecule has 3 nitrogen and oxygen atoms in total. The summed E-state index contributed by atoms with van der Waals surface area (Å²) in [6.45, 7) is 0.925. The monoisotopic (exact) mass is 263 g/mol. The van der Waals surface area contributed by atoms with E-state index in [9.17, 15) is 18.1 Å². The maximum atomic E-state index is 12.4. The summed E-state index contributed by atoms with van der Waals surface area (Å²) in [7, 11) is -3.26. The van der Waals surface area contributed by atoms with E-state index in [2.05, 4.69) is 0 Å². The van der Waals surface area contributed by atoms with Crippen molar-refractivity contribution in [2.24, 2.45) is 11.1 Å². The fraction of sp³-hybridized carbons (Fsp3) is 0.364. The second kappa shape index (κ2) is 5.57. The van der Waals surface area contributed by atoms with Gasteiger partial charge in [0.1, 0.15) is 0 Å². The molecular weight excluding hydrogens is 248 g/mol. The molecule has 0 radical (unpaired) electrons. The Bertz CT molecular complexity index is 481. The zero-order valence-corrected chi connectivity index (χ0v) is 10.2. The van der Waals surface area contributed by atoms with Crippen LogP contribution in [-0.2, 0) is 9.71 Å². The smallest absolute Gasteiger partial charge is 0.157 e. The average molecular weight is 263 g/mol. The number of alkyl halides is 1. The first-order chi connectivity index (χ1) is 7.92. The normalized spacial score (nSPS) is 18.2. The summed E-state index contributed by atoms with van der Waals surface area (Å²) >= 11 is 0. The van der Waals surface area contributed by atoms with Crippen LogP contribution in [0.4, 0.5) is 8.78 Å². The van der Waals surface area contributed by atoms with Crippen molar-refractivity contribution in [3.8, 4) is 0 Å². The molecule has 0 aliphatic heterocycles. The lowest BCUT2D eigenvalue weighted by Crippen LogP contribution is -2.15. The van der Waals surface area contributed by atoms with Gasteiger partial charge in [-0.2, -0.15) is 0 Å². The van der Waals surface area contributed by atoms with Crippen molar-refractivity contribution in [1.82, 2.24) is 0 Å². The summed E-state index contributed by atoms with van der Waals surface area (Å²) in [5, 5.41) is 14.9. The molecule has 96 valence electrons. The molecule has 3 N–H and O–H groups in total. The molecule has 1 rings (SSSR count). The summed E-state index contributed by atoms with van der Waals surface area (Å²) in [4.78, 5) is 0.129. The van der Waals surface area contributed by atoms with E-state index in [1.807, 2.05) is 0 Å². The third kappa shape index (κ3) is 3.24. The minimum Gasteiger partial charge on any atom is -0.388 e. The number of hydrogen-bond donors (Lipinski definition) is 2. The number of aliphatic hydroxyl groups is 1. The summed E-state index contributed by atoms with van der Waals surface area (Å²) < 4.78 is 36.1. The molecule has 1 aromatic carbocycles. The first kappa shape index (κ1) is 14.1. The average Bonchev–Trinajstić information content (AvgIpc) is 2.37. The van der Waals surface area contributed by atoms with Gasteiger partial charge in [0, 0.05) is 10.8 Å². The first-order valence-electron chi connectivity index (χ1n) is 5.01. The highest BCUT2D eigenvalue weighted by Crippen LogP contribution is 2.23. The Kier molecular flexibility index (Phi) is 4.62. The van der Waals surface area contributed by atoms with E-state index >= 15 is 0 Å². The van der Waals surface area contributed by atoms with Crippen LogP contribution >= 0.6 is 0 Å². The van der Waals surface area contributed by atoms with Crippen LogP contribution in [0.25, 0.3) is 0 Å². The predicted molar refractivity (Wildman–Crippen MR) is 64.3 cm³/mol. The van der Waals surface area contributed by atoms with Gasteiger partial charge in [0.15, 0.2) is 5.62 Å². The standard InChI is InChI=1S/C11H15F2NO2S/c1-8(6-12)11(15)9-2-4-10(5-3-9)17(14,16)7-13/h2-5,7-8,11,15H,6H2,1H3,(H2,14,16). The molecule has 0 aromatic heterocycles. The fourth-order valence-electron chi connectivity index (χ4n) is 1.34. The molecule has 0 bridgehead atoms. The van der Waals surface area contributed by atoms with Gasteiger partial charge in [-0.25, -0.2) is 8.60 Å². The van der Waals surface area contributed by atoms with Crippen molar-refractivity contribution >= 4 is 15.3 Å². The van der Waals surface area contributed by atoms with Gasteiger partial charge in [0.25, 0.3) is 0 Å². The predicted octanol–water partition coefficient (Wildman–Crippen LogP) is 1.57. The number of aliphatic hydroxyl groups excluding tert-OH is 1. The first-order valence-corrected chi connectivity index (χ1v) is 6.70. The van der Waals surface area contributed by atoms with Gasteiger partial charge in [-0.3, -0.25) is 9.53 Å². The van der Waals surface area contributed by atoms with Crippen LogP contribution in [-0.4, -0.2) is 21.6 Å². The Hall–Kier alpha value is -0.980. The molecule has 0 saturated heterocycles. The molecule has 0 amide bonds. The van der Waals surface area contributed by atoms with Crippen molar-refractivity contribution in [1.29, 1.82) is 0 Å². The lowest BCUT2D eigenvalue weighted by molar-refractivity contribution is 0.101. The summed E-state index contributed by atoms with van der Waals surface area (Å²) in [6.07, 6.45) is -0.947. The fourth-order valence-corrected chi connectivity index (χ4v) is 2.01. The minimum atomic E-state index is -3.26. The van der Waals surface area contributed by atoms with E-state index in [-0.39, 0.29) is 10.5 Å².